The van der Waals surface area contributed by atoms with E-state index in [-0.39, 0.29) is 11.9 Å². The van der Waals surface area contributed by atoms with Crippen molar-refractivity contribution >= 4 is 17.7 Å². The molecule has 268 valence electrons. The Labute approximate surface area is 285 Å². The number of rotatable bonds is 32. The quantitative estimate of drug-likeness (QED) is 0.0539. The number of carbonyl (C=O) groups is 2. The number of hydrogen-bond acceptors (Lipinski definition) is 5. The van der Waals surface area contributed by atoms with Gasteiger partial charge in [0.05, 0.1) is 24.7 Å². The Morgan fingerprint density at radius 2 is 0.848 bits per heavy atom. The number of hydrogen-bond donors (Lipinski definition) is 0. The van der Waals surface area contributed by atoms with E-state index >= 15 is 0 Å². The third-order valence-corrected chi connectivity index (χ3v) is 9.70. The van der Waals surface area contributed by atoms with Crippen LogP contribution in [0.4, 0.5) is 0 Å². The number of aliphatic imine (C=N–C) groups is 1. The van der Waals surface area contributed by atoms with Crippen molar-refractivity contribution in [3.05, 3.63) is 11.3 Å². The van der Waals surface area contributed by atoms with Crippen molar-refractivity contribution < 1.29 is 19.1 Å². The molecule has 1 unspecified atom stereocenters. The zero-order valence-electron chi connectivity index (χ0n) is 31.1. The Morgan fingerprint density at radius 1 is 0.522 bits per heavy atom. The molecule has 0 aromatic rings. The van der Waals surface area contributed by atoms with Gasteiger partial charge in [0, 0.05) is 11.4 Å². The van der Waals surface area contributed by atoms with Gasteiger partial charge in [-0.2, -0.15) is 0 Å². The van der Waals surface area contributed by atoms with Gasteiger partial charge in [0.25, 0.3) is 0 Å². The summed E-state index contributed by atoms with van der Waals surface area (Å²) in [5.74, 6) is -1.08. The Morgan fingerprint density at radius 3 is 1.22 bits per heavy atom. The lowest BCUT2D eigenvalue weighted by Gasteiger charge is -2.22. The van der Waals surface area contributed by atoms with Crippen LogP contribution in [0.3, 0.4) is 0 Å². The third kappa shape index (κ3) is 22.8. The minimum atomic E-state index is -0.487. The zero-order chi connectivity index (χ0) is 33.5. The smallest absolute Gasteiger partial charge is 0.335 e. The summed E-state index contributed by atoms with van der Waals surface area (Å²) in [6.45, 7) is 9.13. The van der Waals surface area contributed by atoms with Crippen molar-refractivity contribution in [1.29, 1.82) is 0 Å². The second kappa shape index (κ2) is 30.7. The predicted molar refractivity (Wildman–Crippen MR) is 196 cm³/mol. The molecule has 0 radical (unpaired) electrons. The number of allylic oxidation sites excluding steroid dienone is 1. The second-order valence-corrected chi connectivity index (χ2v) is 14.1. The van der Waals surface area contributed by atoms with Crippen LogP contribution >= 0.6 is 0 Å². The summed E-state index contributed by atoms with van der Waals surface area (Å²) < 4.78 is 11.2. The van der Waals surface area contributed by atoms with Gasteiger partial charge in [-0.05, 0) is 33.1 Å². The molecule has 46 heavy (non-hydrogen) atoms. The first-order valence-electron chi connectivity index (χ1n) is 20.1. The molecule has 0 amide bonds. The molecule has 1 aliphatic heterocycles. The summed E-state index contributed by atoms with van der Waals surface area (Å²) in [6, 6.07) is 0. The van der Waals surface area contributed by atoms with Crippen LogP contribution in [0.15, 0.2) is 16.3 Å². The van der Waals surface area contributed by atoms with Crippen molar-refractivity contribution in [2.45, 2.75) is 214 Å². The van der Waals surface area contributed by atoms with Crippen LogP contribution in [0.2, 0.25) is 0 Å². The molecular weight excluding hydrogens is 570 g/mol. The van der Waals surface area contributed by atoms with Gasteiger partial charge in [0.1, 0.15) is 0 Å². The van der Waals surface area contributed by atoms with E-state index in [1.807, 2.05) is 13.8 Å². The Bertz CT molecular complexity index is 817. The second-order valence-electron chi connectivity index (χ2n) is 14.1. The zero-order valence-corrected chi connectivity index (χ0v) is 31.1. The minimum absolute atomic E-state index is 0.263. The van der Waals surface area contributed by atoms with Gasteiger partial charge in [-0.15, -0.1) is 0 Å². The number of unbranched alkanes of at least 4 members (excludes halogenated alkanes) is 26. The van der Waals surface area contributed by atoms with Crippen LogP contribution in [0.1, 0.15) is 214 Å². The fourth-order valence-corrected chi connectivity index (χ4v) is 6.51. The van der Waals surface area contributed by atoms with Crippen LogP contribution in [0.25, 0.3) is 0 Å². The van der Waals surface area contributed by atoms with Crippen LogP contribution < -0.4 is 0 Å². The van der Waals surface area contributed by atoms with Crippen molar-refractivity contribution in [3.8, 4) is 0 Å². The molecule has 0 spiro atoms. The largest absolute Gasteiger partial charge is 0.465 e. The fourth-order valence-electron chi connectivity index (χ4n) is 6.51. The lowest BCUT2D eigenvalue weighted by Crippen LogP contribution is -2.30. The SMILES string of the molecule is CCCCCCCCCCCCCCCCOC(=O)C1=C(C)N=C(C)C(C(=O)OCCCCCCCCCCCCCCCC)C1. The Balaban J connectivity index is 2.06. The van der Waals surface area contributed by atoms with Crippen LogP contribution in [0.5, 0.6) is 0 Å². The molecule has 1 atom stereocenters. The molecule has 0 saturated carbocycles. The van der Waals surface area contributed by atoms with Crippen molar-refractivity contribution in [2.24, 2.45) is 10.9 Å². The van der Waals surface area contributed by atoms with Crippen LogP contribution in [-0.4, -0.2) is 30.9 Å². The molecule has 0 saturated heterocycles. The molecule has 1 aliphatic rings. The van der Waals surface area contributed by atoms with Crippen molar-refractivity contribution in [1.82, 2.24) is 0 Å². The van der Waals surface area contributed by atoms with Gasteiger partial charge < -0.3 is 9.47 Å². The maximum absolute atomic E-state index is 12.8. The molecule has 0 fully saturated rings. The van der Waals surface area contributed by atoms with Gasteiger partial charge in [-0.25, -0.2) is 4.79 Å². The van der Waals surface area contributed by atoms with Gasteiger partial charge >= 0.3 is 11.9 Å². The first kappa shape index (κ1) is 42.4. The summed E-state index contributed by atoms with van der Waals surface area (Å²) in [5, 5.41) is 0. The van der Waals surface area contributed by atoms with Gasteiger partial charge in [-0.3, -0.25) is 9.79 Å². The van der Waals surface area contributed by atoms with Gasteiger partial charge in [0.15, 0.2) is 0 Å². The molecule has 0 aliphatic carbocycles. The summed E-state index contributed by atoms with van der Waals surface area (Å²) in [7, 11) is 0. The molecule has 5 nitrogen and oxygen atoms in total. The van der Waals surface area contributed by atoms with Crippen molar-refractivity contribution in [2.75, 3.05) is 13.2 Å². The van der Waals surface area contributed by atoms with E-state index in [9.17, 15) is 9.59 Å². The lowest BCUT2D eigenvalue weighted by molar-refractivity contribution is -0.146. The Hall–Kier alpha value is -1.65. The monoisotopic (exact) mass is 646 g/mol. The highest BCUT2D eigenvalue weighted by Gasteiger charge is 2.31. The van der Waals surface area contributed by atoms with E-state index in [0.717, 1.165) is 31.4 Å². The number of esters is 2. The van der Waals surface area contributed by atoms with E-state index < -0.39 is 5.92 Å². The molecule has 0 aromatic carbocycles. The van der Waals surface area contributed by atoms with E-state index in [1.54, 1.807) is 0 Å². The molecule has 0 aromatic heterocycles. The highest BCUT2D eigenvalue weighted by Crippen LogP contribution is 2.26. The average molecular weight is 646 g/mol. The van der Waals surface area contributed by atoms with Crippen LogP contribution in [0, 0.1) is 5.92 Å². The summed E-state index contributed by atoms with van der Waals surface area (Å²) in [4.78, 5) is 30.2. The van der Waals surface area contributed by atoms with Gasteiger partial charge in [0.2, 0.25) is 0 Å². The highest BCUT2D eigenvalue weighted by atomic mass is 16.5. The molecule has 1 heterocycles. The minimum Gasteiger partial charge on any atom is -0.465 e. The maximum Gasteiger partial charge on any atom is 0.335 e. The molecule has 1 rings (SSSR count). The molecule has 0 N–H and O–H groups in total. The lowest BCUT2D eigenvalue weighted by atomic mass is 9.91. The highest BCUT2D eigenvalue weighted by molar-refractivity contribution is 6.04. The Kier molecular flexibility index (Phi) is 28.3. The number of carbonyl (C=O) groups excluding carboxylic acids is 2. The molecule has 5 heteroatoms. The van der Waals surface area contributed by atoms with E-state index in [2.05, 4.69) is 18.8 Å². The topological polar surface area (TPSA) is 65.0 Å². The summed E-state index contributed by atoms with van der Waals surface area (Å²) >= 11 is 0. The predicted octanol–water partition coefficient (Wildman–Crippen LogP) is 12.8. The summed E-state index contributed by atoms with van der Waals surface area (Å²) in [6.07, 6.45) is 36.8. The number of ether oxygens (including phenoxy) is 2. The average Bonchev–Trinajstić information content (AvgIpc) is 3.04. The van der Waals surface area contributed by atoms with E-state index in [4.69, 9.17) is 9.47 Å². The van der Waals surface area contributed by atoms with Gasteiger partial charge in [-0.1, -0.05) is 181 Å². The van der Waals surface area contributed by atoms with Crippen molar-refractivity contribution in [3.63, 3.8) is 0 Å². The first-order chi connectivity index (χ1) is 22.5. The number of nitrogens with zero attached hydrogens (tertiary/aromatic N) is 1. The summed E-state index contributed by atoms with van der Waals surface area (Å²) in [5.41, 5.74) is 1.92. The first-order valence-corrected chi connectivity index (χ1v) is 20.1. The fraction of sp³-hybridized carbons (Fsp3) is 0.878. The third-order valence-electron chi connectivity index (χ3n) is 9.70. The standard InChI is InChI=1S/C41H75NO4/c1-5-7-9-11-13-15-17-19-21-23-25-27-29-31-33-45-40(43)38-35-39(37(4)42-36(38)3)41(44)46-34-32-30-28-26-24-22-20-18-16-14-12-10-8-6-2/h38H,5-35H2,1-4H3. The maximum atomic E-state index is 12.8. The molecular formula is C41H75NO4. The van der Waals surface area contributed by atoms with E-state index in [0.29, 0.717) is 30.9 Å². The van der Waals surface area contributed by atoms with E-state index in [1.165, 1.54) is 154 Å². The molecule has 0 bridgehead atoms. The normalized spacial score (nSPS) is 14.9. The van der Waals surface area contributed by atoms with Crippen LogP contribution in [-0.2, 0) is 19.1 Å².